The summed E-state index contributed by atoms with van der Waals surface area (Å²) in [4.78, 5) is 2.23. The molecular weight excluding hydrogens is 412 g/mol. The highest BCUT2D eigenvalue weighted by Crippen LogP contribution is 2.35. The van der Waals surface area contributed by atoms with Gasteiger partial charge in [0.1, 0.15) is 0 Å². The monoisotopic (exact) mass is 436 g/mol. The summed E-state index contributed by atoms with van der Waals surface area (Å²) in [6.45, 7) is 2.10. The number of para-hydroxylation sites is 1. The molecule has 34 heavy (non-hydrogen) atoms. The second kappa shape index (κ2) is 9.48. The molecular formula is C32H24N2. The molecule has 0 aliphatic heterocycles. The molecule has 5 aromatic rings. The van der Waals surface area contributed by atoms with Crippen molar-refractivity contribution in [1.82, 2.24) is 0 Å². The molecule has 2 heteroatoms. The summed E-state index contributed by atoms with van der Waals surface area (Å²) in [5, 5.41) is 12.3. The molecule has 0 N–H and O–H groups in total. The van der Waals surface area contributed by atoms with Gasteiger partial charge >= 0.3 is 0 Å². The number of rotatable bonds is 5. The average molecular weight is 437 g/mol. The molecule has 0 spiro atoms. The number of benzene rings is 5. The fourth-order valence-electron chi connectivity index (χ4n) is 4.29. The maximum absolute atomic E-state index is 9.95. The van der Waals surface area contributed by atoms with Crippen molar-refractivity contribution in [2.75, 3.05) is 4.90 Å². The van der Waals surface area contributed by atoms with Gasteiger partial charge < -0.3 is 4.90 Å². The second-order valence-electron chi connectivity index (χ2n) is 8.30. The second-order valence-corrected chi connectivity index (χ2v) is 8.30. The first-order chi connectivity index (χ1) is 16.7. The lowest BCUT2D eigenvalue weighted by atomic mass is 9.99. The number of nitrogens with zero attached hydrogens (tertiary/aromatic N) is 2. The Balaban J connectivity index is 1.55. The van der Waals surface area contributed by atoms with Crippen LogP contribution in [0.5, 0.6) is 0 Å². The number of aryl methyl sites for hydroxylation is 1. The van der Waals surface area contributed by atoms with Gasteiger partial charge in [-0.15, -0.1) is 0 Å². The largest absolute Gasteiger partial charge is 0.310 e. The topological polar surface area (TPSA) is 27.0 Å². The van der Waals surface area contributed by atoms with Crippen molar-refractivity contribution in [3.05, 3.63) is 138 Å². The first-order valence-corrected chi connectivity index (χ1v) is 11.3. The standard InChI is InChI=1S/C32H24N2/c1-24-9-7-15-31(21-24)34(29-13-3-2-4-14-29)30-19-17-25(18-20-30)28(23-33)22-27-12-8-11-26-10-5-6-16-32(26)27/h2-22H,1H3/b28-22+. The maximum atomic E-state index is 9.95. The number of nitriles is 1. The molecule has 5 aromatic carbocycles. The molecule has 0 bridgehead atoms. The number of anilines is 3. The lowest BCUT2D eigenvalue weighted by molar-refractivity contribution is 1.27. The molecule has 2 nitrogen and oxygen atoms in total. The van der Waals surface area contributed by atoms with Gasteiger partial charge in [0, 0.05) is 17.1 Å². The smallest absolute Gasteiger partial charge is 0.0998 e. The normalized spacial score (nSPS) is 11.2. The lowest BCUT2D eigenvalue weighted by Crippen LogP contribution is -2.09. The van der Waals surface area contributed by atoms with Crippen molar-refractivity contribution < 1.29 is 0 Å². The van der Waals surface area contributed by atoms with Crippen LogP contribution in [0.4, 0.5) is 17.1 Å². The molecule has 0 fully saturated rings. The molecule has 0 heterocycles. The minimum absolute atomic E-state index is 0.643. The first-order valence-electron chi connectivity index (χ1n) is 11.3. The number of fused-ring (bicyclic) bond motifs is 1. The van der Waals surface area contributed by atoms with Crippen LogP contribution in [0, 0.1) is 18.3 Å². The third kappa shape index (κ3) is 4.33. The highest BCUT2D eigenvalue weighted by molar-refractivity contribution is 5.98. The predicted octanol–water partition coefficient (Wildman–Crippen LogP) is 8.68. The molecule has 0 saturated carbocycles. The summed E-state index contributed by atoms with van der Waals surface area (Å²) < 4.78 is 0. The van der Waals surface area contributed by atoms with Crippen LogP contribution in [0.2, 0.25) is 0 Å². The van der Waals surface area contributed by atoms with E-state index < -0.39 is 0 Å². The van der Waals surface area contributed by atoms with Crippen LogP contribution in [0.1, 0.15) is 16.7 Å². The van der Waals surface area contributed by atoms with Crippen molar-refractivity contribution in [2.24, 2.45) is 0 Å². The lowest BCUT2D eigenvalue weighted by Gasteiger charge is -2.26. The molecule has 0 radical (unpaired) electrons. The predicted molar refractivity (Wildman–Crippen MR) is 143 cm³/mol. The highest BCUT2D eigenvalue weighted by atomic mass is 15.1. The molecule has 0 aromatic heterocycles. The van der Waals surface area contributed by atoms with Crippen molar-refractivity contribution in [2.45, 2.75) is 6.92 Å². The SMILES string of the molecule is Cc1cccc(N(c2ccccc2)c2ccc(/C(C#N)=C/c3cccc4ccccc34)cc2)c1. The van der Waals surface area contributed by atoms with E-state index in [9.17, 15) is 5.26 Å². The van der Waals surface area contributed by atoms with E-state index in [1.165, 1.54) is 10.9 Å². The molecule has 5 rings (SSSR count). The molecule has 0 amide bonds. The summed E-state index contributed by atoms with van der Waals surface area (Å²) in [5.41, 5.74) is 7.03. The van der Waals surface area contributed by atoms with Crippen LogP contribution in [0.3, 0.4) is 0 Å². The fourth-order valence-corrected chi connectivity index (χ4v) is 4.29. The minimum Gasteiger partial charge on any atom is -0.310 e. The average Bonchev–Trinajstić information content (AvgIpc) is 2.89. The van der Waals surface area contributed by atoms with E-state index in [4.69, 9.17) is 0 Å². The molecule has 0 aliphatic carbocycles. The van der Waals surface area contributed by atoms with Crippen LogP contribution in [-0.2, 0) is 0 Å². The Bertz CT molecular complexity index is 1500. The Labute approximate surface area is 200 Å². The molecule has 0 aliphatic rings. The van der Waals surface area contributed by atoms with Gasteiger partial charge in [-0.1, -0.05) is 84.9 Å². The van der Waals surface area contributed by atoms with Crippen molar-refractivity contribution in [3.8, 4) is 6.07 Å². The third-order valence-corrected chi connectivity index (χ3v) is 5.95. The zero-order valence-corrected chi connectivity index (χ0v) is 19.0. The van der Waals surface area contributed by atoms with E-state index in [0.717, 1.165) is 33.6 Å². The maximum Gasteiger partial charge on any atom is 0.0998 e. The van der Waals surface area contributed by atoms with E-state index in [0.29, 0.717) is 5.57 Å². The first kappa shape index (κ1) is 21.2. The van der Waals surface area contributed by atoms with Crippen LogP contribution in [-0.4, -0.2) is 0 Å². The van der Waals surface area contributed by atoms with E-state index in [1.54, 1.807) is 0 Å². The Morgan fingerprint density at radius 3 is 2.09 bits per heavy atom. The van der Waals surface area contributed by atoms with Gasteiger partial charge in [-0.2, -0.15) is 5.26 Å². The molecule has 0 unspecified atom stereocenters. The van der Waals surface area contributed by atoms with Gasteiger partial charge in [-0.3, -0.25) is 0 Å². The highest BCUT2D eigenvalue weighted by Gasteiger charge is 2.13. The summed E-state index contributed by atoms with van der Waals surface area (Å²) >= 11 is 0. The van der Waals surface area contributed by atoms with Gasteiger partial charge in [0.15, 0.2) is 0 Å². The van der Waals surface area contributed by atoms with Crippen molar-refractivity contribution >= 4 is 39.5 Å². The van der Waals surface area contributed by atoms with Crippen LogP contribution in [0.15, 0.2) is 121 Å². The van der Waals surface area contributed by atoms with E-state index in [2.05, 4.69) is 90.7 Å². The molecule has 162 valence electrons. The number of hydrogen-bond acceptors (Lipinski definition) is 2. The number of hydrogen-bond donors (Lipinski definition) is 0. The molecule has 0 saturated heterocycles. The summed E-state index contributed by atoms with van der Waals surface area (Å²) in [6.07, 6.45) is 1.98. The summed E-state index contributed by atoms with van der Waals surface area (Å²) in [5.74, 6) is 0. The van der Waals surface area contributed by atoms with Crippen molar-refractivity contribution in [3.63, 3.8) is 0 Å². The summed E-state index contributed by atoms with van der Waals surface area (Å²) in [7, 11) is 0. The van der Waals surface area contributed by atoms with Crippen LogP contribution < -0.4 is 4.90 Å². The minimum atomic E-state index is 0.643. The quantitative estimate of drug-likeness (QED) is 0.203. The Hall–Kier alpha value is -4.61. The van der Waals surface area contributed by atoms with E-state index in [-0.39, 0.29) is 0 Å². The number of allylic oxidation sites excluding steroid dienone is 1. The Kier molecular flexibility index (Phi) is 5.93. The zero-order chi connectivity index (χ0) is 23.3. The zero-order valence-electron chi connectivity index (χ0n) is 19.0. The van der Waals surface area contributed by atoms with Crippen molar-refractivity contribution in [1.29, 1.82) is 5.26 Å². The van der Waals surface area contributed by atoms with Gasteiger partial charge in [-0.05, 0) is 76.9 Å². The van der Waals surface area contributed by atoms with E-state index >= 15 is 0 Å². The van der Waals surface area contributed by atoms with Gasteiger partial charge in [-0.25, -0.2) is 0 Å². The summed E-state index contributed by atoms with van der Waals surface area (Å²) in [6, 6.07) is 43.9. The van der Waals surface area contributed by atoms with Crippen LogP contribution >= 0.6 is 0 Å². The van der Waals surface area contributed by atoms with Crippen LogP contribution in [0.25, 0.3) is 22.4 Å². The van der Waals surface area contributed by atoms with E-state index in [1.807, 2.05) is 54.6 Å². The van der Waals surface area contributed by atoms with Gasteiger partial charge in [0.05, 0.1) is 11.6 Å². The molecule has 0 atom stereocenters. The van der Waals surface area contributed by atoms with Gasteiger partial charge in [0.25, 0.3) is 0 Å². The van der Waals surface area contributed by atoms with Gasteiger partial charge in [0.2, 0.25) is 0 Å². The Morgan fingerprint density at radius 1 is 0.676 bits per heavy atom. The third-order valence-electron chi connectivity index (χ3n) is 5.95. The fraction of sp³-hybridized carbons (Fsp3) is 0.0312. The Morgan fingerprint density at radius 2 is 1.32 bits per heavy atom.